The summed E-state index contributed by atoms with van der Waals surface area (Å²) < 4.78 is 0. The van der Waals surface area contributed by atoms with Gasteiger partial charge in [-0.2, -0.15) is 0 Å². The number of carbonyl (C=O) groups is 3. The predicted octanol–water partition coefficient (Wildman–Crippen LogP) is -1.22. The molecule has 0 aromatic rings. The van der Waals surface area contributed by atoms with Crippen molar-refractivity contribution in [3.8, 4) is 0 Å². The number of rotatable bonds is 3. The maximum absolute atomic E-state index is 12.0. The Morgan fingerprint density at radius 1 is 1.19 bits per heavy atom. The predicted molar refractivity (Wildman–Crippen MR) is 74.7 cm³/mol. The topological polar surface area (TPSA) is 102 Å². The summed E-state index contributed by atoms with van der Waals surface area (Å²) in [5.74, 6) is -1.58. The summed E-state index contributed by atoms with van der Waals surface area (Å²) in [5, 5.41) is 14.8. The molecule has 2 aliphatic heterocycles. The van der Waals surface area contributed by atoms with Crippen LogP contribution in [0.15, 0.2) is 0 Å². The summed E-state index contributed by atoms with van der Waals surface area (Å²) in [6, 6.07) is -0.367. The molecule has 118 valence electrons. The molecule has 21 heavy (non-hydrogen) atoms. The van der Waals surface area contributed by atoms with Crippen molar-refractivity contribution >= 4 is 17.9 Å². The monoisotopic (exact) mass is 298 g/mol. The van der Waals surface area contributed by atoms with Crippen LogP contribution in [0.2, 0.25) is 0 Å². The largest absolute Gasteiger partial charge is 0.481 e. The van der Waals surface area contributed by atoms with Gasteiger partial charge in [0.1, 0.15) is 0 Å². The van der Waals surface area contributed by atoms with Gasteiger partial charge in [-0.1, -0.05) is 6.92 Å². The Morgan fingerprint density at radius 2 is 1.86 bits per heavy atom. The third-order valence-corrected chi connectivity index (χ3v) is 4.08. The van der Waals surface area contributed by atoms with Crippen molar-refractivity contribution in [2.75, 3.05) is 45.8 Å². The number of piperazine rings is 1. The molecule has 2 rings (SSSR count). The number of urea groups is 1. The normalized spacial score (nSPS) is 25.8. The average Bonchev–Trinajstić information content (AvgIpc) is 2.87. The van der Waals surface area contributed by atoms with Gasteiger partial charge in [0.05, 0.1) is 12.5 Å². The first kappa shape index (κ1) is 15.6. The third kappa shape index (κ3) is 3.84. The number of hydrogen-bond acceptors (Lipinski definition) is 4. The van der Waals surface area contributed by atoms with E-state index in [0.29, 0.717) is 19.6 Å². The standard InChI is InChI=1S/C13H22N4O4/c1-9-7-17(8-10(9)12(19)20)13(21)15-6-11(18)16-4-2-14-3-5-16/h9-10,14H,2-8H2,1H3,(H,15,21)(H,19,20)/t9-,10-/m1/s1. The highest BCUT2D eigenvalue weighted by Gasteiger charge is 2.37. The molecule has 0 spiro atoms. The lowest BCUT2D eigenvalue weighted by molar-refractivity contribution is -0.142. The Balaban J connectivity index is 1.77. The first-order chi connectivity index (χ1) is 9.99. The molecule has 2 fully saturated rings. The van der Waals surface area contributed by atoms with Crippen LogP contribution in [0.3, 0.4) is 0 Å². The summed E-state index contributed by atoms with van der Waals surface area (Å²) in [4.78, 5) is 38.1. The van der Waals surface area contributed by atoms with E-state index in [4.69, 9.17) is 5.11 Å². The number of aliphatic carboxylic acids is 1. The van der Waals surface area contributed by atoms with Crippen molar-refractivity contribution in [3.05, 3.63) is 0 Å². The molecule has 2 aliphatic rings. The minimum atomic E-state index is -0.880. The summed E-state index contributed by atoms with van der Waals surface area (Å²) in [6.07, 6.45) is 0. The van der Waals surface area contributed by atoms with Crippen LogP contribution < -0.4 is 10.6 Å². The molecular formula is C13H22N4O4. The molecule has 3 amide bonds. The van der Waals surface area contributed by atoms with Gasteiger partial charge in [0.2, 0.25) is 5.91 Å². The zero-order chi connectivity index (χ0) is 15.4. The van der Waals surface area contributed by atoms with E-state index in [0.717, 1.165) is 13.1 Å². The Bertz CT molecular complexity index is 422. The number of hydrogen-bond donors (Lipinski definition) is 3. The second-order valence-corrected chi connectivity index (χ2v) is 5.62. The van der Waals surface area contributed by atoms with Gasteiger partial charge < -0.3 is 25.5 Å². The Morgan fingerprint density at radius 3 is 2.43 bits per heavy atom. The smallest absolute Gasteiger partial charge is 0.317 e. The lowest BCUT2D eigenvalue weighted by atomic mass is 9.99. The number of carboxylic acid groups (broad SMARTS) is 1. The molecular weight excluding hydrogens is 276 g/mol. The molecule has 0 saturated carbocycles. The van der Waals surface area contributed by atoms with Crippen LogP contribution in [0.4, 0.5) is 4.79 Å². The van der Waals surface area contributed by atoms with Gasteiger partial charge in [-0.3, -0.25) is 9.59 Å². The highest BCUT2D eigenvalue weighted by Crippen LogP contribution is 2.22. The molecule has 0 unspecified atom stereocenters. The van der Waals surface area contributed by atoms with Gasteiger partial charge in [0, 0.05) is 39.3 Å². The highest BCUT2D eigenvalue weighted by atomic mass is 16.4. The first-order valence-corrected chi connectivity index (χ1v) is 7.23. The average molecular weight is 298 g/mol. The highest BCUT2D eigenvalue weighted by molar-refractivity contribution is 5.84. The van der Waals surface area contributed by atoms with E-state index >= 15 is 0 Å². The summed E-state index contributed by atoms with van der Waals surface area (Å²) in [6.45, 7) is 5.22. The van der Waals surface area contributed by atoms with Crippen molar-refractivity contribution in [1.82, 2.24) is 20.4 Å². The molecule has 8 heteroatoms. The molecule has 0 bridgehead atoms. The molecule has 0 aromatic heterocycles. The number of nitrogens with one attached hydrogen (secondary N) is 2. The van der Waals surface area contributed by atoms with E-state index in [1.165, 1.54) is 4.90 Å². The van der Waals surface area contributed by atoms with Crippen LogP contribution in [0, 0.1) is 11.8 Å². The second-order valence-electron chi connectivity index (χ2n) is 5.62. The van der Waals surface area contributed by atoms with Crippen molar-refractivity contribution in [1.29, 1.82) is 0 Å². The van der Waals surface area contributed by atoms with E-state index < -0.39 is 11.9 Å². The summed E-state index contributed by atoms with van der Waals surface area (Å²) in [5.41, 5.74) is 0. The second kappa shape index (κ2) is 6.75. The van der Waals surface area contributed by atoms with E-state index in [2.05, 4.69) is 10.6 Å². The van der Waals surface area contributed by atoms with E-state index in [9.17, 15) is 14.4 Å². The number of likely N-dealkylation sites (tertiary alicyclic amines) is 1. The molecule has 0 radical (unpaired) electrons. The third-order valence-electron chi connectivity index (χ3n) is 4.08. The van der Waals surface area contributed by atoms with Crippen LogP contribution in [-0.4, -0.2) is 78.6 Å². The Labute approximate surface area is 123 Å². The van der Waals surface area contributed by atoms with Crippen molar-refractivity contribution < 1.29 is 19.5 Å². The van der Waals surface area contributed by atoms with Crippen LogP contribution in [0.25, 0.3) is 0 Å². The summed E-state index contributed by atoms with van der Waals surface area (Å²) in [7, 11) is 0. The van der Waals surface area contributed by atoms with Gasteiger partial charge in [-0.05, 0) is 5.92 Å². The van der Waals surface area contributed by atoms with Gasteiger partial charge in [-0.15, -0.1) is 0 Å². The maximum atomic E-state index is 12.0. The maximum Gasteiger partial charge on any atom is 0.317 e. The van der Waals surface area contributed by atoms with Gasteiger partial charge in [0.25, 0.3) is 0 Å². The van der Waals surface area contributed by atoms with Gasteiger partial charge in [0.15, 0.2) is 0 Å². The van der Waals surface area contributed by atoms with E-state index in [1.807, 2.05) is 6.92 Å². The summed E-state index contributed by atoms with van der Waals surface area (Å²) >= 11 is 0. The molecule has 0 aromatic carbocycles. The van der Waals surface area contributed by atoms with E-state index in [1.54, 1.807) is 4.90 Å². The molecule has 2 saturated heterocycles. The zero-order valence-corrected chi connectivity index (χ0v) is 12.2. The Kier molecular flexibility index (Phi) is 5.00. The number of nitrogens with zero attached hydrogens (tertiary/aromatic N) is 2. The number of carbonyl (C=O) groups excluding carboxylic acids is 2. The lowest BCUT2D eigenvalue weighted by Gasteiger charge is -2.27. The SMILES string of the molecule is C[C@@H]1CN(C(=O)NCC(=O)N2CCNCC2)C[C@H]1C(=O)O. The number of amides is 3. The first-order valence-electron chi connectivity index (χ1n) is 7.23. The lowest BCUT2D eigenvalue weighted by Crippen LogP contribution is -2.50. The van der Waals surface area contributed by atoms with Crippen LogP contribution >= 0.6 is 0 Å². The minimum absolute atomic E-state index is 0.0402. The zero-order valence-electron chi connectivity index (χ0n) is 12.2. The van der Waals surface area contributed by atoms with Crippen LogP contribution in [-0.2, 0) is 9.59 Å². The Hall–Kier alpha value is -1.83. The van der Waals surface area contributed by atoms with E-state index in [-0.39, 0.29) is 30.9 Å². The molecule has 0 aliphatic carbocycles. The van der Waals surface area contributed by atoms with Gasteiger partial charge >= 0.3 is 12.0 Å². The molecule has 8 nitrogen and oxygen atoms in total. The van der Waals surface area contributed by atoms with Crippen molar-refractivity contribution in [2.45, 2.75) is 6.92 Å². The van der Waals surface area contributed by atoms with Crippen LogP contribution in [0.5, 0.6) is 0 Å². The number of carboxylic acids is 1. The minimum Gasteiger partial charge on any atom is -0.481 e. The van der Waals surface area contributed by atoms with Crippen LogP contribution in [0.1, 0.15) is 6.92 Å². The molecule has 2 atom stereocenters. The van der Waals surface area contributed by atoms with Crippen molar-refractivity contribution in [2.24, 2.45) is 11.8 Å². The van der Waals surface area contributed by atoms with Gasteiger partial charge in [-0.25, -0.2) is 4.79 Å². The fraction of sp³-hybridized carbons (Fsp3) is 0.769. The molecule has 3 N–H and O–H groups in total. The fourth-order valence-corrected chi connectivity index (χ4v) is 2.74. The van der Waals surface area contributed by atoms with Crippen molar-refractivity contribution in [3.63, 3.8) is 0 Å². The fourth-order valence-electron chi connectivity index (χ4n) is 2.74. The molecule has 2 heterocycles. The quantitative estimate of drug-likeness (QED) is 0.606.